The highest BCUT2D eigenvalue weighted by Crippen LogP contribution is 2.50. The van der Waals surface area contributed by atoms with Gasteiger partial charge in [0.2, 0.25) is 0 Å². The number of carboxylic acid groups (broad SMARTS) is 1. The van der Waals surface area contributed by atoms with Gasteiger partial charge < -0.3 is 14.6 Å². The fourth-order valence-electron chi connectivity index (χ4n) is 5.40. The van der Waals surface area contributed by atoms with E-state index in [4.69, 9.17) is 4.74 Å². The van der Waals surface area contributed by atoms with E-state index in [1.54, 1.807) is 42.5 Å². The lowest BCUT2D eigenvalue weighted by Crippen LogP contribution is -2.34. The number of carboxylic acids is 1. The Bertz CT molecular complexity index is 1560. The number of carbonyl (C=O) groups is 2. The van der Waals surface area contributed by atoms with Gasteiger partial charge in [-0.1, -0.05) is 64.1 Å². The first-order valence-electron chi connectivity index (χ1n) is 12.8. The second-order valence-corrected chi connectivity index (χ2v) is 11.5. The van der Waals surface area contributed by atoms with Crippen LogP contribution in [0.4, 0.5) is 4.39 Å². The summed E-state index contributed by atoms with van der Waals surface area (Å²) in [4.78, 5) is 25.0. The fourth-order valence-corrected chi connectivity index (χ4v) is 5.40. The van der Waals surface area contributed by atoms with E-state index in [1.807, 2.05) is 12.1 Å². The maximum absolute atomic E-state index is 13.8. The van der Waals surface area contributed by atoms with Crippen LogP contribution in [0, 0.1) is 5.82 Å². The predicted molar refractivity (Wildman–Crippen MR) is 144 cm³/mol. The molecule has 1 aliphatic rings. The number of rotatable bonds is 6. The molecule has 0 bridgehead atoms. The van der Waals surface area contributed by atoms with Crippen LogP contribution < -0.4 is 9.84 Å². The largest absolute Gasteiger partial charge is 0.545 e. The monoisotopic (exact) mass is 509 g/mol. The summed E-state index contributed by atoms with van der Waals surface area (Å²) in [6, 6.07) is 20.0. The summed E-state index contributed by atoms with van der Waals surface area (Å²) in [5, 5.41) is 12.7. The Balaban J connectivity index is 1.58. The number of halogens is 1. The molecule has 0 spiro atoms. The van der Waals surface area contributed by atoms with Crippen molar-refractivity contribution in [1.29, 1.82) is 0 Å². The van der Waals surface area contributed by atoms with Crippen LogP contribution in [0.2, 0.25) is 0 Å². The van der Waals surface area contributed by atoms with E-state index in [0.717, 1.165) is 40.3 Å². The molecule has 0 heterocycles. The number of carbonyl (C=O) groups excluding carboxylic acids is 2. The average molecular weight is 510 g/mol. The third-order valence-electron chi connectivity index (χ3n) is 7.79. The molecule has 0 amide bonds. The highest BCUT2D eigenvalue weighted by atomic mass is 19.1. The second kappa shape index (κ2) is 9.39. The van der Waals surface area contributed by atoms with Gasteiger partial charge in [-0.25, -0.2) is 4.39 Å². The van der Waals surface area contributed by atoms with Crippen molar-refractivity contribution in [3.05, 3.63) is 112 Å². The molecule has 194 valence electrons. The minimum absolute atomic E-state index is 0.0963. The van der Waals surface area contributed by atoms with Crippen LogP contribution in [0.5, 0.6) is 5.75 Å². The molecule has 0 atom stereocenters. The SMILES string of the molecule is CC1(C)CCC(C)(C)c2c(OCc3ccc(F)cc3)cc(C(=O)c3ccc4cc(C(=O)[O-])ccc4c3)cc21. The minimum Gasteiger partial charge on any atom is -0.545 e. The van der Waals surface area contributed by atoms with Crippen LogP contribution in [0.1, 0.15) is 83.5 Å². The summed E-state index contributed by atoms with van der Waals surface area (Å²) in [7, 11) is 0. The van der Waals surface area contributed by atoms with Crippen LogP contribution in [0.25, 0.3) is 10.8 Å². The van der Waals surface area contributed by atoms with E-state index in [9.17, 15) is 19.1 Å². The van der Waals surface area contributed by atoms with Crippen molar-refractivity contribution in [2.75, 3.05) is 0 Å². The summed E-state index contributed by atoms with van der Waals surface area (Å²) in [5.74, 6) is -0.996. The number of ketones is 1. The van der Waals surface area contributed by atoms with Gasteiger partial charge in [0.15, 0.2) is 5.78 Å². The van der Waals surface area contributed by atoms with Gasteiger partial charge in [-0.15, -0.1) is 0 Å². The van der Waals surface area contributed by atoms with Gasteiger partial charge in [-0.3, -0.25) is 4.79 Å². The maximum atomic E-state index is 13.8. The lowest BCUT2D eigenvalue weighted by atomic mass is 9.62. The molecular formula is C33H30FO4-. The van der Waals surface area contributed by atoms with Gasteiger partial charge in [-0.2, -0.15) is 0 Å². The van der Waals surface area contributed by atoms with Gasteiger partial charge in [0.05, 0.1) is 5.97 Å². The molecule has 4 aromatic carbocycles. The number of aromatic carboxylic acids is 1. The molecule has 38 heavy (non-hydrogen) atoms. The smallest absolute Gasteiger partial charge is 0.193 e. The lowest BCUT2D eigenvalue weighted by Gasteiger charge is -2.42. The van der Waals surface area contributed by atoms with Gasteiger partial charge in [0.1, 0.15) is 18.2 Å². The van der Waals surface area contributed by atoms with Crippen molar-refractivity contribution in [2.24, 2.45) is 0 Å². The number of hydrogen-bond donors (Lipinski definition) is 0. The molecule has 5 rings (SSSR count). The Labute approximate surface area is 222 Å². The van der Waals surface area contributed by atoms with Gasteiger partial charge in [0.25, 0.3) is 0 Å². The average Bonchev–Trinajstić information content (AvgIpc) is 2.89. The Morgan fingerprint density at radius 1 is 0.789 bits per heavy atom. The van der Waals surface area contributed by atoms with Crippen LogP contribution in [0.15, 0.2) is 72.8 Å². The van der Waals surface area contributed by atoms with Crippen molar-refractivity contribution >= 4 is 22.5 Å². The second-order valence-electron chi connectivity index (χ2n) is 11.5. The Hall–Kier alpha value is -3.99. The molecule has 5 heteroatoms. The Kier molecular flexibility index (Phi) is 6.34. The normalized spacial score (nSPS) is 15.6. The summed E-state index contributed by atoms with van der Waals surface area (Å²) < 4.78 is 19.8. The van der Waals surface area contributed by atoms with Crippen LogP contribution >= 0.6 is 0 Å². The van der Waals surface area contributed by atoms with E-state index in [1.165, 1.54) is 18.2 Å². The Morgan fingerprint density at radius 2 is 1.39 bits per heavy atom. The summed E-state index contributed by atoms with van der Waals surface area (Å²) in [5.41, 5.74) is 3.93. The molecular weight excluding hydrogens is 479 g/mol. The van der Waals surface area contributed by atoms with Crippen molar-refractivity contribution in [2.45, 2.75) is 58.0 Å². The highest BCUT2D eigenvalue weighted by molar-refractivity contribution is 6.11. The molecule has 4 nitrogen and oxygen atoms in total. The van der Waals surface area contributed by atoms with Crippen molar-refractivity contribution in [3.8, 4) is 5.75 Å². The molecule has 0 N–H and O–H groups in total. The zero-order valence-electron chi connectivity index (χ0n) is 22.1. The van der Waals surface area contributed by atoms with Crippen molar-refractivity contribution < 1.29 is 23.8 Å². The van der Waals surface area contributed by atoms with Gasteiger partial charge in [-0.05, 0) is 87.5 Å². The Morgan fingerprint density at radius 3 is 2.05 bits per heavy atom. The zero-order chi connectivity index (χ0) is 27.2. The number of hydrogen-bond acceptors (Lipinski definition) is 4. The first-order valence-corrected chi connectivity index (χ1v) is 12.8. The zero-order valence-corrected chi connectivity index (χ0v) is 22.1. The number of fused-ring (bicyclic) bond motifs is 2. The van der Waals surface area contributed by atoms with Gasteiger partial charge >= 0.3 is 0 Å². The molecule has 0 fully saturated rings. The van der Waals surface area contributed by atoms with E-state index in [-0.39, 0.29) is 34.6 Å². The summed E-state index contributed by atoms with van der Waals surface area (Å²) in [6.45, 7) is 9.07. The van der Waals surface area contributed by atoms with Crippen LogP contribution in [-0.2, 0) is 17.4 Å². The van der Waals surface area contributed by atoms with E-state index in [0.29, 0.717) is 16.9 Å². The minimum atomic E-state index is -1.24. The maximum Gasteiger partial charge on any atom is 0.193 e. The number of benzene rings is 4. The van der Waals surface area contributed by atoms with E-state index < -0.39 is 5.97 Å². The first-order chi connectivity index (χ1) is 17.9. The first kappa shape index (κ1) is 25.7. The number of ether oxygens (including phenoxy) is 1. The third kappa shape index (κ3) is 4.81. The molecule has 1 aliphatic carbocycles. The van der Waals surface area contributed by atoms with E-state index >= 15 is 0 Å². The quantitative estimate of drug-likeness (QED) is 0.278. The summed E-state index contributed by atoms with van der Waals surface area (Å²) in [6.07, 6.45) is 1.98. The molecule has 0 unspecified atom stereocenters. The van der Waals surface area contributed by atoms with Crippen LogP contribution in [0.3, 0.4) is 0 Å². The summed E-state index contributed by atoms with van der Waals surface area (Å²) >= 11 is 0. The topological polar surface area (TPSA) is 66.4 Å². The standard InChI is InChI=1S/C33H31FO4/c1-32(2)13-14-33(3,4)29-27(32)17-25(18-28(29)38-19-20-5-11-26(34)12-6-20)30(35)23-9-7-22-16-24(31(36)37)10-8-21(22)15-23/h5-12,15-18H,13-14,19H2,1-4H3,(H,36,37)/p-1. The van der Waals surface area contributed by atoms with E-state index in [2.05, 4.69) is 27.7 Å². The van der Waals surface area contributed by atoms with Crippen LogP contribution in [-0.4, -0.2) is 11.8 Å². The molecule has 4 aromatic rings. The molecule has 0 saturated carbocycles. The molecule has 0 aliphatic heterocycles. The predicted octanol–water partition coefficient (Wildman–Crippen LogP) is 6.50. The van der Waals surface area contributed by atoms with Gasteiger partial charge in [0, 0.05) is 16.7 Å². The molecule has 0 aromatic heterocycles. The molecule has 0 radical (unpaired) electrons. The highest BCUT2D eigenvalue weighted by Gasteiger charge is 2.40. The van der Waals surface area contributed by atoms with Crippen molar-refractivity contribution in [3.63, 3.8) is 0 Å². The fraction of sp³-hybridized carbons (Fsp3) is 0.273. The lowest BCUT2D eigenvalue weighted by molar-refractivity contribution is -0.255. The third-order valence-corrected chi connectivity index (χ3v) is 7.79. The molecule has 0 saturated heterocycles. The van der Waals surface area contributed by atoms with Crippen molar-refractivity contribution in [1.82, 2.24) is 0 Å².